The van der Waals surface area contributed by atoms with Gasteiger partial charge in [-0.2, -0.15) is 0 Å². The first-order valence-corrected chi connectivity index (χ1v) is 5.21. The highest BCUT2D eigenvalue weighted by Gasteiger charge is 2.35. The zero-order chi connectivity index (χ0) is 11.8. The summed E-state index contributed by atoms with van der Waals surface area (Å²) in [4.78, 5) is 10.5. The maximum Gasteiger partial charge on any atom is 0.303 e. The number of rotatable bonds is 3. The van der Waals surface area contributed by atoms with Crippen molar-refractivity contribution in [1.82, 2.24) is 0 Å². The van der Waals surface area contributed by atoms with Gasteiger partial charge in [0.05, 0.1) is 0 Å². The molecule has 4 nitrogen and oxygen atoms in total. The van der Waals surface area contributed by atoms with Gasteiger partial charge in [0.2, 0.25) is 0 Å². The fourth-order valence-corrected chi connectivity index (χ4v) is 2.02. The third-order valence-corrected chi connectivity index (χ3v) is 2.83. The molecule has 1 aromatic carbocycles. The molecule has 0 bridgehead atoms. The number of carbonyl (C=O) groups is 1. The maximum atomic E-state index is 10.5. The van der Waals surface area contributed by atoms with Crippen LogP contribution in [0.4, 0.5) is 0 Å². The van der Waals surface area contributed by atoms with E-state index in [-0.39, 0.29) is 12.2 Å². The van der Waals surface area contributed by atoms with Crippen LogP contribution >= 0.6 is 0 Å². The van der Waals surface area contributed by atoms with E-state index in [1.807, 2.05) is 6.92 Å². The van der Waals surface area contributed by atoms with Crippen molar-refractivity contribution in [2.45, 2.75) is 31.8 Å². The maximum absolute atomic E-state index is 10.5. The van der Waals surface area contributed by atoms with Gasteiger partial charge in [-0.05, 0) is 31.5 Å². The molecule has 1 heterocycles. The highest BCUT2D eigenvalue weighted by atomic mass is 16.5. The number of ether oxygens (including phenoxy) is 1. The monoisotopic (exact) mass is 222 g/mol. The summed E-state index contributed by atoms with van der Waals surface area (Å²) in [5.74, 6) is 0.138. The topological polar surface area (TPSA) is 66.8 Å². The third-order valence-electron chi connectivity index (χ3n) is 2.83. The van der Waals surface area contributed by atoms with Crippen LogP contribution in [0.25, 0.3) is 0 Å². The molecule has 1 atom stereocenters. The summed E-state index contributed by atoms with van der Waals surface area (Å²) >= 11 is 0. The fourth-order valence-electron chi connectivity index (χ4n) is 2.02. The van der Waals surface area contributed by atoms with Crippen LogP contribution < -0.4 is 4.74 Å². The Morgan fingerprint density at radius 2 is 2.31 bits per heavy atom. The Balaban J connectivity index is 2.11. The van der Waals surface area contributed by atoms with Crippen LogP contribution in [0.1, 0.15) is 25.3 Å². The van der Waals surface area contributed by atoms with Gasteiger partial charge in [-0.25, -0.2) is 0 Å². The summed E-state index contributed by atoms with van der Waals surface area (Å²) in [6.07, 6.45) is 1.21. The Labute approximate surface area is 93.5 Å². The van der Waals surface area contributed by atoms with E-state index < -0.39 is 11.6 Å². The van der Waals surface area contributed by atoms with Crippen LogP contribution in [0.2, 0.25) is 0 Å². The number of fused-ring (bicyclic) bond motifs is 1. The van der Waals surface area contributed by atoms with E-state index in [0.29, 0.717) is 12.8 Å². The van der Waals surface area contributed by atoms with Gasteiger partial charge in [-0.1, -0.05) is 0 Å². The van der Waals surface area contributed by atoms with Crippen LogP contribution in [-0.4, -0.2) is 21.8 Å². The molecule has 0 spiro atoms. The predicted octanol–water partition coefficient (Wildman–Crippen LogP) is 1.95. The van der Waals surface area contributed by atoms with Crippen LogP contribution in [0.5, 0.6) is 11.5 Å². The summed E-state index contributed by atoms with van der Waals surface area (Å²) in [7, 11) is 0. The van der Waals surface area contributed by atoms with Crippen molar-refractivity contribution >= 4 is 5.97 Å². The van der Waals surface area contributed by atoms with Crippen molar-refractivity contribution in [1.29, 1.82) is 0 Å². The number of aromatic hydroxyl groups is 1. The number of hydrogen-bond donors (Lipinski definition) is 2. The lowest BCUT2D eigenvalue weighted by molar-refractivity contribution is -0.138. The second kappa shape index (κ2) is 3.70. The highest BCUT2D eigenvalue weighted by Crippen LogP contribution is 2.38. The Morgan fingerprint density at radius 1 is 1.56 bits per heavy atom. The summed E-state index contributed by atoms with van der Waals surface area (Å²) in [6.45, 7) is 1.90. The Morgan fingerprint density at radius 3 is 3.00 bits per heavy atom. The first-order valence-electron chi connectivity index (χ1n) is 5.21. The zero-order valence-electron chi connectivity index (χ0n) is 9.06. The van der Waals surface area contributed by atoms with E-state index in [0.717, 1.165) is 11.3 Å². The van der Waals surface area contributed by atoms with Crippen LogP contribution in [0, 0.1) is 0 Å². The minimum atomic E-state index is -0.816. The van der Waals surface area contributed by atoms with Gasteiger partial charge in [-0.3, -0.25) is 4.79 Å². The number of benzene rings is 1. The Hall–Kier alpha value is -1.71. The van der Waals surface area contributed by atoms with Crippen molar-refractivity contribution in [3.05, 3.63) is 23.8 Å². The lowest BCUT2D eigenvalue weighted by atomic mass is 9.94. The molecule has 0 fully saturated rings. The molecule has 1 aliphatic rings. The number of phenolic OH excluding ortho intramolecular Hbond substituents is 1. The molecule has 0 aliphatic carbocycles. The number of phenols is 1. The summed E-state index contributed by atoms with van der Waals surface area (Å²) in [5.41, 5.74) is 0.474. The third kappa shape index (κ3) is 2.10. The lowest BCUT2D eigenvalue weighted by Crippen LogP contribution is -2.30. The van der Waals surface area contributed by atoms with Gasteiger partial charge in [0, 0.05) is 18.4 Å². The van der Waals surface area contributed by atoms with Crippen LogP contribution in [0.15, 0.2) is 18.2 Å². The molecule has 0 aromatic heterocycles. The second-order valence-electron chi connectivity index (χ2n) is 4.41. The van der Waals surface area contributed by atoms with Crippen molar-refractivity contribution in [3.63, 3.8) is 0 Å². The summed E-state index contributed by atoms with van der Waals surface area (Å²) < 4.78 is 5.73. The van der Waals surface area contributed by atoms with Crippen molar-refractivity contribution in [2.24, 2.45) is 0 Å². The van der Waals surface area contributed by atoms with Crippen molar-refractivity contribution in [2.75, 3.05) is 0 Å². The largest absolute Gasteiger partial charge is 0.508 e. The highest BCUT2D eigenvalue weighted by molar-refractivity contribution is 5.66. The molecular formula is C12H14O4. The quantitative estimate of drug-likeness (QED) is 0.820. The molecule has 86 valence electrons. The molecular weight excluding hydrogens is 208 g/mol. The molecule has 0 radical (unpaired) electrons. The molecule has 0 saturated heterocycles. The number of hydrogen-bond acceptors (Lipinski definition) is 3. The standard InChI is InChI=1S/C12H14O4/c1-12(5-4-11(14)15)7-8-6-9(13)2-3-10(8)16-12/h2-3,6,13H,4-5,7H2,1H3,(H,14,15). The predicted molar refractivity (Wildman–Crippen MR) is 57.7 cm³/mol. The van der Waals surface area contributed by atoms with Gasteiger partial charge in [0.15, 0.2) is 0 Å². The van der Waals surface area contributed by atoms with Crippen LogP contribution in [-0.2, 0) is 11.2 Å². The van der Waals surface area contributed by atoms with E-state index >= 15 is 0 Å². The molecule has 2 rings (SSSR count). The number of aliphatic carboxylic acids is 1. The lowest BCUT2D eigenvalue weighted by Gasteiger charge is -2.22. The number of carboxylic acids is 1. The van der Waals surface area contributed by atoms with Gasteiger partial charge < -0.3 is 14.9 Å². The summed E-state index contributed by atoms with van der Waals surface area (Å²) in [6, 6.07) is 4.96. The second-order valence-corrected chi connectivity index (χ2v) is 4.41. The van der Waals surface area contributed by atoms with Gasteiger partial charge in [0.1, 0.15) is 17.1 Å². The van der Waals surface area contributed by atoms with Gasteiger partial charge in [-0.15, -0.1) is 0 Å². The van der Waals surface area contributed by atoms with E-state index in [1.165, 1.54) is 0 Å². The Bertz CT molecular complexity index is 427. The summed E-state index contributed by atoms with van der Waals surface area (Å²) in [5, 5.41) is 18.0. The fraction of sp³-hybridized carbons (Fsp3) is 0.417. The smallest absolute Gasteiger partial charge is 0.303 e. The Kier molecular flexibility index (Phi) is 2.50. The zero-order valence-corrected chi connectivity index (χ0v) is 9.06. The normalized spacial score (nSPS) is 22.6. The first-order chi connectivity index (χ1) is 7.48. The SMILES string of the molecule is CC1(CCC(=O)O)Cc2cc(O)ccc2O1. The molecule has 1 aliphatic heterocycles. The van der Waals surface area contributed by atoms with Crippen molar-refractivity contribution in [3.8, 4) is 11.5 Å². The molecule has 2 N–H and O–H groups in total. The molecule has 0 amide bonds. The van der Waals surface area contributed by atoms with E-state index in [4.69, 9.17) is 9.84 Å². The molecule has 1 aromatic rings. The van der Waals surface area contributed by atoms with Gasteiger partial charge >= 0.3 is 5.97 Å². The minimum Gasteiger partial charge on any atom is -0.508 e. The van der Waals surface area contributed by atoms with Crippen molar-refractivity contribution < 1.29 is 19.7 Å². The molecule has 16 heavy (non-hydrogen) atoms. The minimum absolute atomic E-state index is 0.0937. The average Bonchev–Trinajstić information content (AvgIpc) is 2.51. The van der Waals surface area contributed by atoms with E-state index in [2.05, 4.69) is 0 Å². The number of carboxylic acid groups (broad SMARTS) is 1. The molecule has 0 saturated carbocycles. The van der Waals surface area contributed by atoms with E-state index in [1.54, 1.807) is 18.2 Å². The van der Waals surface area contributed by atoms with Gasteiger partial charge in [0.25, 0.3) is 0 Å². The van der Waals surface area contributed by atoms with Crippen LogP contribution in [0.3, 0.4) is 0 Å². The average molecular weight is 222 g/mol. The first kappa shape index (κ1) is 10.8. The molecule has 4 heteroatoms. The van der Waals surface area contributed by atoms with E-state index in [9.17, 15) is 9.90 Å². The molecule has 1 unspecified atom stereocenters.